The smallest absolute Gasteiger partial charge is 0.207 e. The fraction of sp³-hybridized carbons (Fsp3) is 0.600. The maximum atomic E-state index is 12.8. The minimum absolute atomic E-state index is 0.324. The molecule has 0 N–H and O–H groups in total. The van der Waals surface area contributed by atoms with Gasteiger partial charge in [0.25, 0.3) is 0 Å². The van der Waals surface area contributed by atoms with E-state index in [9.17, 15) is 8.42 Å². The molecule has 0 unspecified atom stereocenters. The fourth-order valence-corrected chi connectivity index (χ4v) is 4.16. The molecule has 0 aliphatic heterocycles. The van der Waals surface area contributed by atoms with Crippen molar-refractivity contribution in [2.75, 3.05) is 13.1 Å². The van der Waals surface area contributed by atoms with Crippen LogP contribution < -0.4 is 0 Å². The standard InChI is InChI=1S/C15H24ClNO2S/c1-5-7-8-17(6-2)20(18,19)15-10-14(11-16)9-12(3)13(15)4/h9-10H,5-8,11H2,1-4H3. The lowest BCUT2D eigenvalue weighted by atomic mass is 10.1. The van der Waals surface area contributed by atoms with Gasteiger partial charge in [-0.3, -0.25) is 0 Å². The van der Waals surface area contributed by atoms with Crippen molar-refractivity contribution in [3.8, 4) is 0 Å². The zero-order chi connectivity index (χ0) is 15.3. The molecule has 5 heteroatoms. The summed E-state index contributed by atoms with van der Waals surface area (Å²) in [6.45, 7) is 8.77. The number of aryl methyl sites for hydroxylation is 1. The molecule has 0 saturated carbocycles. The quantitative estimate of drug-likeness (QED) is 0.716. The summed E-state index contributed by atoms with van der Waals surface area (Å²) >= 11 is 5.86. The molecule has 1 rings (SSSR count). The minimum atomic E-state index is -3.43. The van der Waals surface area contributed by atoms with Crippen LogP contribution in [0.4, 0.5) is 0 Å². The first-order chi connectivity index (χ1) is 9.38. The molecular weight excluding hydrogens is 294 g/mol. The fourth-order valence-electron chi connectivity index (χ4n) is 2.17. The van der Waals surface area contributed by atoms with Gasteiger partial charge in [0.2, 0.25) is 10.0 Å². The second kappa shape index (κ2) is 7.43. The monoisotopic (exact) mass is 317 g/mol. The van der Waals surface area contributed by atoms with Crippen molar-refractivity contribution in [3.63, 3.8) is 0 Å². The van der Waals surface area contributed by atoms with Gasteiger partial charge in [-0.2, -0.15) is 4.31 Å². The molecule has 1 aromatic rings. The maximum absolute atomic E-state index is 12.8. The lowest BCUT2D eigenvalue weighted by molar-refractivity contribution is 0.418. The van der Waals surface area contributed by atoms with Crippen LogP contribution in [-0.4, -0.2) is 25.8 Å². The number of unbranched alkanes of at least 4 members (excludes halogenated alkanes) is 1. The van der Waals surface area contributed by atoms with Crippen LogP contribution in [-0.2, 0) is 15.9 Å². The largest absolute Gasteiger partial charge is 0.243 e. The normalized spacial score (nSPS) is 12.1. The number of sulfonamides is 1. The third-order valence-corrected chi connectivity index (χ3v) is 5.97. The van der Waals surface area contributed by atoms with E-state index < -0.39 is 10.0 Å². The first kappa shape index (κ1) is 17.5. The summed E-state index contributed by atoms with van der Waals surface area (Å²) in [5.41, 5.74) is 2.63. The van der Waals surface area contributed by atoms with Crippen LogP contribution in [0.2, 0.25) is 0 Å². The predicted octanol–water partition coefficient (Wildman–Crippen LogP) is 3.85. The van der Waals surface area contributed by atoms with Crippen LogP contribution >= 0.6 is 11.6 Å². The molecule has 0 spiro atoms. The highest BCUT2D eigenvalue weighted by Crippen LogP contribution is 2.25. The molecule has 20 heavy (non-hydrogen) atoms. The molecule has 0 heterocycles. The topological polar surface area (TPSA) is 37.4 Å². The number of halogens is 1. The van der Waals surface area contributed by atoms with Gasteiger partial charge in [-0.15, -0.1) is 11.6 Å². The van der Waals surface area contributed by atoms with E-state index >= 15 is 0 Å². The molecule has 0 aromatic heterocycles. The van der Waals surface area contributed by atoms with Gasteiger partial charge in [0, 0.05) is 19.0 Å². The van der Waals surface area contributed by atoms with Crippen LogP contribution in [0.15, 0.2) is 17.0 Å². The molecule has 0 bridgehead atoms. The lowest BCUT2D eigenvalue weighted by Crippen LogP contribution is -2.32. The van der Waals surface area contributed by atoms with Crippen molar-refractivity contribution >= 4 is 21.6 Å². The molecular formula is C15H24ClNO2S. The average Bonchev–Trinajstić information content (AvgIpc) is 2.42. The Morgan fingerprint density at radius 1 is 1.20 bits per heavy atom. The van der Waals surface area contributed by atoms with Gasteiger partial charge in [-0.1, -0.05) is 26.3 Å². The highest BCUT2D eigenvalue weighted by molar-refractivity contribution is 7.89. The number of hydrogen-bond acceptors (Lipinski definition) is 2. The first-order valence-electron chi connectivity index (χ1n) is 7.04. The van der Waals surface area contributed by atoms with E-state index in [-0.39, 0.29) is 0 Å². The predicted molar refractivity (Wildman–Crippen MR) is 84.8 cm³/mol. The minimum Gasteiger partial charge on any atom is -0.207 e. The van der Waals surface area contributed by atoms with Crippen LogP contribution in [0.25, 0.3) is 0 Å². The van der Waals surface area contributed by atoms with E-state index in [1.165, 1.54) is 0 Å². The summed E-state index contributed by atoms with van der Waals surface area (Å²) < 4.78 is 27.1. The van der Waals surface area contributed by atoms with E-state index in [4.69, 9.17) is 11.6 Å². The van der Waals surface area contributed by atoms with E-state index in [1.54, 1.807) is 10.4 Å². The van der Waals surface area contributed by atoms with Gasteiger partial charge >= 0.3 is 0 Å². The van der Waals surface area contributed by atoms with Crippen LogP contribution in [0.5, 0.6) is 0 Å². The Hall–Kier alpha value is -0.580. The van der Waals surface area contributed by atoms with Crippen molar-refractivity contribution in [1.82, 2.24) is 4.31 Å². The Morgan fingerprint density at radius 2 is 1.85 bits per heavy atom. The highest BCUT2D eigenvalue weighted by Gasteiger charge is 2.25. The van der Waals surface area contributed by atoms with Gasteiger partial charge in [-0.05, 0) is 43.0 Å². The van der Waals surface area contributed by atoms with E-state index in [0.717, 1.165) is 29.5 Å². The third kappa shape index (κ3) is 3.74. The maximum Gasteiger partial charge on any atom is 0.243 e. The van der Waals surface area contributed by atoms with Gasteiger partial charge in [0.15, 0.2) is 0 Å². The van der Waals surface area contributed by atoms with Crippen molar-refractivity contribution in [2.24, 2.45) is 0 Å². The van der Waals surface area contributed by atoms with Crippen molar-refractivity contribution in [1.29, 1.82) is 0 Å². The zero-order valence-electron chi connectivity index (χ0n) is 12.7. The molecule has 0 saturated heterocycles. The van der Waals surface area contributed by atoms with Crippen LogP contribution in [0.3, 0.4) is 0 Å². The van der Waals surface area contributed by atoms with Gasteiger partial charge in [0.05, 0.1) is 4.90 Å². The molecule has 1 aromatic carbocycles. The molecule has 0 amide bonds. The molecule has 0 aliphatic rings. The van der Waals surface area contributed by atoms with E-state index in [0.29, 0.717) is 23.9 Å². The molecule has 0 radical (unpaired) electrons. The number of alkyl halides is 1. The van der Waals surface area contributed by atoms with Gasteiger partial charge < -0.3 is 0 Å². The lowest BCUT2D eigenvalue weighted by Gasteiger charge is -2.22. The van der Waals surface area contributed by atoms with Crippen LogP contribution in [0, 0.1) is 13.8 Å². The van der Waals surface area contributed by atoms with E-state index in [1.807, 2.05) is 26.8 Å². The number of rotatable bonds is 7. The number of nitrogens with zero attached hydrogens (tertiary/aromatic N) is 1. The Bertz CT molecular complexity index is 555. The van der Waals surface area contributed by atoms with Crippen molar-refractivity contribution in [3.05, 3.63) is 28.8 Å². The third-order valence-electron chi connectivity index (χ3n) is 3.57. The van der Waals surface area contributed by atoms with Crippen molar-refractivity contribution < 1.29 is 8.42 Å². The number of benzene rings is 1. The summed E-state index contributed by atoms with van der Waals surface area (Å²) in [5, 5.41) is 0. The molecule has 114 valence electrons. The zero-order valence-corrected chi connectivity index (χ0v) is 14.3. The van der Waals surface area contributed by atoms with Gasteiger partial charge in [0.1, 0.15) is 0 Å². The second-order valence-corrected chi connectivity index (χ2v) is 7.19. The van der Waals surface area contributed by atoms with E-state index in [2.05, 4.69) is 6.92 Å². The summed E-state index contributed by atoms with van der Waals surface area (Å²) in [7, 11) is -3.43. The Labute approximate surface area is 128 Å². The second-order valence-electron chi connectivity index (χ2n) is 5.02. The first-order valence-corrected chi connectivity index (χ1v) is 9.02. The molecule has 0 fully saturated rings. The average molecular weight is 318 g/mol. The molecule has 0 aliphatic carbocycles. The van der Waals surface area contributed by atoms with Crippen LogP contribution in [0.1, 0.15) is 43.4 Å². The summed E-state index contributed by atoms with van der Waals surface area (Å²) in [6, 6.07) is 3.66. The Kier molecular flexibility index (Phi) is 6.49. The van der Waals surface area contributed by atoms with Crippen molar-refractivity contribution in [2.45, 2.75) is 51.3 Å². The Balaban J connectivity index is 3.29. The summed E-state index contributed by atoms with van der Waals surface area (Å²) in [4.78, 5) is 0.395. The highest BCUT2D eigenvalue weighted by atomic mass is 35.5. The SMILES string of the molecule is CCCCN(CC)S(=O)(=O)c1cc(CCl)cc(C)c1C. The van der Waals surface area contributed by atoms with Gasteiger partial charge in [-0.25, -0.2) is 8.42 Å². The number of hydrogen-bond donors (Lipinski definition) is 0. The molecule has 0 atom stereocenters. The summed E-state index contributed by atoms with van der Waals surface area (Å²) in [5.74, 6) is 0.324. The summed E-state index contributed by atoms with van der Waals surface area (Å²) in [6.07, 6.45) is 1.85. The Morgan fingerprint density at radius 3 is 2.35 bits per heavy atom. The molecule has 3 nitrogen and oxygen atoms in total.